The molecule has 0 saturated heterocycles. The second-order valence-corrected chi connectivity index (χ2v) is 5.23. The van der Waals surface area contributed by atoms with E-state index in [1.807, 2.05) is 0 Å². The van der Waals surface area contributed by atoms with Gasteiger partial charge in [0.05, 0.1) is 5.69 Å². The molecule has 0 aliphatic carbocycles. The highest BCUT2D eigenvalue weighted by Gasteiger charge is 2.11. The number of aryl methyl sites for hydroxylation is 2. The molecule has 4 heteroatoms. The van der Waals surface area contributed by atoms with Crippen LogP contribution in [0.2, 0.25) is 0 Å². The maximum atomic E-state index is 9.68. The number of hydrogen-bond donors (Lipinski definition) is 2. The molecule has 0 spiro atoms. The van der Waals surface area contributed by atoms with Crippen LogP contribution in [0, 0.1) is 6.92 Å². The number of imidazole rings is 1. The topological polar surface area (TPSA) is 58.3 Å². The fourth-order valence-electron chi connectivity index (χ4n) is 2.38. The van der Waals surface area contributed by atoms with Crippen LogP contribution in [0.3, 0.4) is 0 Å². The SMILES string of the molecule is CCCCCCCCCCc1nc(C)c(O)n1CO. The van der Waals surface area contributed by atoms with E-state index in [-0.39, 0.29) is 12.6 Å². The van der Waals surface area contributed by atoms with E-state index in [9.17, 15) is 10.2 Å². The van der Waals surface area contributed by atoms with Crippen molar-refractivity contribution in [3.63, 3.8) is 0 Å². The Kier molecular flexibility index (Phi) is 7.56. The van der Waals surface area contributed by atoms with Crippen LogP contribution >= 0.6 is 0 Å². The minimum absolute atomic E-state index is 0.0945. The van der Waals surface area contributed by atoms with Gasteiger partial charge in [0.1, 0.15) is 12.6 Å². The Hall–Kier alpha value is -1.03. The van der Waals surface area contributed by atoms with Gasteiger partial charge in [0.2, 0.25) is 5.88 Å². The summed E-state index contributed by atoms with van der Waals surface area (Å²) in [6.45, 7) is 3.80. The Labute approximate surface area is 116 Å². The molecule has 0 saturated carbocycles. The average Bonchev–Trinajstić information content (AvgIpc) is 2.68. The van der Waals surface area contributed by atoms with E-state index in [0.29, 0.717) is 5.69 Å². The summed E-state index contributed by atoms with van der Waals surface area (Å²) in [5.74, 6) is 0.889. The zero-order valence-electron chi connectivity index (χ0n) is 12.4. The van der Waals surface area contributed by atoms with Gasteiger partial charge in [-0.15, -0.1) is 0 Å². The smallest absolute Gasteiger partial charge is 0.216 e. The van der Waals surface area contributed by atoms with Crippen LogP contribution in [-0.4, -0.2) is 19.8 Å². The van der Waals surface area contributed by atoms with Crippen LogP contribution in [0.5, 0.6) is 5.88 Å². The van der Waals surface area contributed by atoms with Crippen LogP contribution in [0.4, 0.5) is 0 Å². The summed E-state index contributed by atoms with van der Waals surface area (Å²) < 4.78 is 1.48. The molecule has 0 radical (unpaired) electrons. The van der Waals surface area contributed by atoms with Gasteiger partial charge in [-0.3, -0.25) is 4.57 Å². The number of rotatable bonds is 10. The average molecular weight is 268 g/mol. The zero-order chi connectivity index (χ0) is 14.1. The van der Waals surface area contributed by atoms with Crippen molar-refractivity contribution in [2.75, 3.05) is 0 Å². The third kappa shape index (κ3) is 5.23. The maximum Gasteiger partial charge on any atom is 0.216 e. The quantitative estimate of drug-likeness (QED) is 0.638. The van der Waals surface area contributed by atoms with Gasteiger partial charge in [-0.05, 0) is 13.3 Å². The first-order valence-corrected chi connectivity index (χ1v) is 7.56. The molecular formula is C15H28N2O2. The minimum atomic E-state index is -0.195. The maximum absolute atomic E-state index is 9.68. The number of unbranched alkanes of at least 4 members (excludes halogenated alkanes) is 7. The molecule has 0 aliphatic heterocycles. The van der Waals surface area contributed by atoms with Gasteiger partial charge in [-0.2, -0.15) is 0 Å². The molecule has 0 aliphatic rings. The van der Waals surface area contributed by atoms with E-state index >= 15 is 0 Å². The number of aliphatic hydroxyl groups excluding tert-OH is 1. The summed E-state index contributed by atoms with van der Waals surface area (Å²) in [7, 11) is 0. The lowest BCUT2D eigenvalue weighted by Crippen LogP contribution is -2.03. The van der Waals surface area contributed by atoms with Crippen molar-refractivity contribution in [2.24, 2.45) is 0 Å². The summed E-state index contributed by atoms with van der Waals surface area (Å²) in [4.78, 5) is 4.29. The highest BCUT2D eigenvalue weighted by molar-refractivity contribution is 5.20. The van der Waals surface area contributed by atoms with E-state index in [1.165, 1.54) is 49.5 Å². The van der Waals surface area contributed by atoms with E-state index in [0.717, 1.165) is 18.7 Å². The third-order valence-corrected chi connectivity index (χ3v) is 3.58. The predicted octanol–water partition coefficient (Wildman–Crippen LogP) is 3.53. The fourth-order valence-corrected chi connectivity index (χ4v) is 2.38. The monoisotopic (exact) mass is 268 g/mol. The molecule has 2 N–H and O–H groups in total. The van der Waals surface area contributed by atoms with Crippen LogP contribution in [0.15, 0.2) is 0 Å². The molecule has 19 heavy (non-hydrogen) atoms. The van der Waals surface area contributed by atoms with E-state index < -0.39 is 0 Å². The Bertz CT molecular complexity index is 361. The standard InChI is InChI=1S/C15H28N2O2/c1-3-4-5-6-7-8-9-10-11-14-16-13(2)15(19)17(14)12-18/h18-19H,3-12H2,1-2H3. The highest BCUT2D eigenvalue weighted by Crippen LogP contribution is 2.19. The van der Waals surface area contributed by atoms with Gasteiger partial charge >= 0.3 is 0 Å². The van der Waals surface area contributed by atoms with Gasteiger partial charge in [-0.25, -0.2) is 4.98 Å². The second-order valence-electron chi connectivity index (χ2n) is 5.23. The lowest BCUT2D eigenvalue weighted by Gasteiger charge is -2.05. The van der Waals surface area contributed by atoms with E-state index in [2.05, 4.69) is 11.9 Å². The lowest BCUT2D eigenvalue weighted by molar-refractivity contribution is 0.192. The van der Waals surface area contributed by atoms with Crippen molar-refractivity contribution in [1.82, 2.24) is 9.55 Å². The number of aromatic hydroxyl groups is 1. The second kappa shape index (κ2) is 8.97. The number of hydrogen-bond acceptors (Lipinski definition) is 3. The Morgan fingerprint density at radius 2 is 1.58 bits per heavy atom. The van der Waals surface area contributed by atoms with Crippen LogP contribution in [0.25, 0.3) is 0 Å². The molecule has 110 valence electrons. The van der Waals surface area contributed by atoms with E-state index in [1.54, 1.807) is 6.92 Å². The molecule has 1 aromatic heterocycles. The van der Waals surface area contributed by atoms with Crippen LogP contribution in [0.1, 0.15) is 69.8 Å². The van der Waals surface area contributed by atoms with Gasteiger partial charge < -0.3 is 10.2 Å². The molecule has 4 nitrogen and oxygen atoms in total. The molecule has 1 aromatic rings. The van der Waals surface area contributed by atoms with Crippen LogP contribution < -0.4 is 0 Å². The summed E-state index contributed by atoms with van der Waals surface area (Å²) in [5, 5.41) is 18.9. The van der Waals surface area contributed by atoms with Crippen molar-refractivity contribution in [3.05, 3.63) is 11.5 Å². The molecule has 0 atom stereocenters. The molecule has 0 aromatic carbocycles. The number of nitrogens with zero attached hydrogens (tertiary/aromatic N) is 2. The molecule has 0 unspecified atom stereocenters. The summed E-state index contributed by atoms with van der Waals surface area (Å²) in [6, 6.07) is 0. The van der Waals surface area contributed by atoms with Crippen molar-refractivity contribution in [1.29, 1.82) is 0 Å². The zero-order valence-corrected chi connectivity index (χ0v) is 12.4. The third-order valence-electron chi connectivity index (χ3n) is 3.58. The van der Waals surface area contributed by atoms with Gasteiger partial charge in [0.15, 0.2) is 0 Å². The molecule has 0 amide bonds. The highest BCUT2D eigenvalue weighted by atomic mass is 16.3. The molecule has 0 bridgehead atoms. The fraction of sp³-hybridized carbons (Fsp3) is 0.800. The normalized spacial score (nSPS) is 11.1. The van der Waals surface area contributed by atoms with Crippen molar-refractivity contribution >= 4 is 0 Å². The van der Waals surface area contributed by atoms with Crippen molar-refractivity contribution < 1.29 is 10.2 Å². The Morgan fingerprint density at radius 1 is 1.00 bits per heavy atom. The van der Waals surface area contributed by atoms with Crippen LogP contribution in [-0.2, 0) is 13.2 Å². The summed E-state index contributed by atoms with van der Waals surface area (Å²) in [6.07, 6.45) is 11.1. The molecule has 1 heterocycles. The van der Waals surface area contributed by atoms with Crippen molar-refractivity contribution in [2.45, 2.75) is 78.4 Å². The van der Waals surface area contributed by atoms with Gasteiger partial charge in [0.25, 0.3) is 0 Å². The van der Waals surface area contributed by atoms with Crippen molar-refractivity contribution in [3.8, 4) is 5.88 Å². The Morgan fingerprint density at radius 3 is 2.16 bits per heavy atom. The first-order chi connectivity index (χ1) is 9.20. The van der Waals surface area contributed by atoms with Gasteiger partial charge in [-0.1, -0.05) is 51.9 Å². The summed E-state index contributed by atoms with van der Waals surface area (Å²) in [5.41, 5.74) is 0.601. The molecular weight excluding hydrogens is 240 g/mol. The Balaban J connectivity index is 2.17. The first-order valence-electron chi connectivity index (χ1n) is 7.56. The van der Waals surface area contributed by atoms with E-state index in [4.69, 9.17) is 0 Å². The van der Waals surface area contributed by atoms with Gasteiger partial charge in [0, 0.05) is 6.42 Å². The number of aromatic nitrogens is 2. The molecule has 1 rings (SSSR count). The lowest BCUT2D eigenvalue weighted by atomic mass is 10.1. The molecule has 0 fully saturated rings. The summed E-state index contributed by atoms with van der Waals surface area (Å²) >= 11 is 0. The number of aliphatic hydroxyl groups is 1. The predicted molar refractivity (Wildman–Crippen MR) is 77.2 cm³/mol. The minimum Gasteiger partial charge on any atom is -0.493 e. The largest absolute Gasteiger partial charge is 0.493 e. The first kappa shape index (κ1) is 16.0.